The van der Waals surface area contributed by atoms with Gasteiger partial charge in [0, 0.05) is 0 Å². The molecule has 0 saturated carbocycles. The molecule has 0 bridgehead atoms. The van der Waals surface area contributed by atoms with E-state index in [9.17, 15) is 8.42 Å². The van der Waals surface area contributed by atoms with Crippen molar-refractivity contribution in [2.45, 2.75) is 6.92 Å². The van der Waals surface area contributed by atoms with Crippen molar-refractivity contribution in [1.82, 2.24) is 19.7 Å². The van der Waals surface area contributed by atoms with Gasteiger partial charge in [0.05, 0.1) is 12.9 Å². The van der Waals surface area contributed by atoms with Crippen LogP contribution >= 0.6 is 0 Å². The molecule has 0 unspecified atom stereocenters. The molecule has 1 aromatic rings. The first-order valence-corrected chi connectivity index (χ1v) is 5.71. The zero-order valence-electron chi connectivity index (χ0n) is 7.85. The van der Waals surface area contributed by atoms with Gasteiger partial charge in [-0.1, -0.05) is 0 Å². The van der Waals surface area contributed by atoms with E-state index in [1.165, 1.54) is 6.33 Å². The van der Waals surface area contributed by atoms with E-state index < -0.39 is 10.0 Å². The Morgan fingerprint density at radius 1 is 1.43 bits per heavy atom. The fourth-order valence-electron chi connectivity index (χ4n) is 0.710. The second kappa shape index (κ2) is 4.29. The van der Waals surface area contributed by atoms with Crippen molar-refractivity contribution in [3.8, 4) is 0 Å². The van der Waals surface area contributed by atoms with Gasteiger partial charge in [0.15, 0.2) is 0 Å². The van der Waals surface area contributed by atoms with Crippen molar-refractivity contribution in [2.75, 3.05) is 18.2 Å². The Morgan fingerprint density at radius 2 is 2.14 bits per heavy atom. The molecule has 14 heavy (non-hydrogen) atoms. The lowest BCUT2D eigenvalue weighted by Gasteiger charge is -2.04. The van der Waals surface area contributed by atoms with Gasteiger partial charge in [-0.2, -0.15) is 9.71 Å². The molecule has 0 aliphatic carbocycles. The number of anilines is 1. The average molecular weight is 217 g/mol. The summed E-state index contributed by atoms with van der Waals surface area (Å²) in [6.07, 6.45) is 2.43. The van der Waals surface area contributed by atoms with Gasteiger partial charge in [-0.05, 0) is 6.92 Å². The van der Waals surface area contributed by atoms with Crippen LogP contribution in [0, 0.1) is 6.92 Å². The minimum atomic E-state index is -3.19. The summed E-state index contributed by atoms with van der Waals surface area (Å²) in [4.78, 5) is 11.5. The Labute approximate surface area is 82.0 Å². The van der Waals surface area contributed by atoms with E-state index in [2.05, 4.69) is 25.0 Å². The Kier molecular flexibility index (Phi) is 3.31. The van der Waals surface area contributed by atoms with E-state index in [4.69, 9.17) is 0 Å². The standard InChI is InChI=1S/C6H11N5O2S/c1-5-7-3-8-6(11-5)9-4-10-14(2,12)13/h3,10H,4H2,1-2H3,(H,7,8,9,11). The van der Waals surface area contributed by atoms with Crippen LogP contribution in [-0.2, 0) is 10.0 Å². The number of aromatic nitrogens is 3. The van der Waals surface area contributed by atoms with Gasteiger partial charge in [-0.15, -0.1) is 0 Å². The third kappa shape index (κ3) is 4.10. The molecule has 0 aliphatic heterocycles. The van der Waals surface area contributed by atoms with Crippen LogP contribution in [0.3, 0.4) is 0 Å². The average Bonchev–Trinajstić information content (AvgIpc) is 2.01. The summed E-state index contributed by atoms with van der Waals surface area (Å²) in [5.41, 5.74) is 0. The highest BCUT2D eigenvalue weighted by molar-refractivity contribution is 7.88. The van der Waals surface area contributed by atoms with Crippen LogP contribution in [0.15, 0.2) is 6.33 Å². The van der Waals surface area contributed by atoms with Crippen LogP contribution < -0.4 is 10.0 Å². The number of hydrogen-bond acceptors (Lipinski definition) is 6. The molecule has 0 aromatic carbocycles. The van der Waals surface area contributed by atoms with E-state index in [-0.39, 0.29) is 6.67 Å². The van der Waals surface area contributed by atoms with Crippen LogP contribution in [-0.4, -0.2) is 36.3 Å². The van der Waals surface area contributed by atoms with E-state index in [1.807, 2.05) is 0 Å². The van der Waals surface area contributed by atoms with Gasteiger partial charge in [0.25, 0.3) is 0 Å². The summed E-state index contributed by atoms with van der Waals surface area (Å²) >= 11 is 0. The largest absolute Gasteiger partial charge is 0.341 e. The van der Waals surface area contributed by atoms with E-state index in [1.54, 1.807) is 6.92 Å². The van der Waals surface area contributed by atoms with Crippen LogP contribution in [0.4, 0.5) is 5.95 Å². The Hall–Kier alpha value is -1.28. The Bertz CT molecular complexity index is 404. The Balaban J connectivity index is 2.47. The zero-order chi connectivity index (χ0) is 10.6. The number of sulfonamides is 1. The smallest absolute Gasteiger partial charge is 0.226 e. The summed E-state index contributed by atoms with van der Waals surface area (Å²) in [7, 11) is -3.19. The van der Waals surface area contributed by atoms with Gasteiger partial charge in [-0.3, -0.25) is 0 Å². The molecule has 0 spiro atoms. The molecule has 0 aliphatic rings. The fourth-order valence-corrected chi connectivity index (χ4v) is 1.04. The number of nitrogens with zero attached hydrogens (tertiary/aromatic N) is 3. The van der Waals surface area contributed by atoms with Crippen molar-refractivity contribution >= 4 is 16.0 Å². The maximum Gasteiger partial charge on any atom is 0.226 e. The topological polar surface area (TPSA) is 96.9 Å². The van der Waals surface area contributed by atoms with E-state index in [0.717, 1.165) is 6.26 Å². The molecule has 2 N–H and O–H groups in total. The van der Waals surface area contributed by atoms with Gasteiger partial charge in [-0.25, -0.2) is 18.4 Å². The summed E-state index contributed by atoms with van der Waals surface area (Å²) < 4.78 is 23.6. The molecule has 0 saturated heterocycles. The summed E-state index contributed by atoms with van der Waals surface area (Å²) in [5.74, 6) is 0.913. The second-order valence-electron chi connectivity index (χ2n) is 2.63. The molecule has 78 valence electrons. The zero-order valence-corrected chi connectivity index (χ0v) is 8.67. The molecular formula is C6H11N5O2S. The summed E-state index contributed by atoms with van der Waals surface area (Å²) in [6, 6.07) is 0. The summed E-state index contributed by atoms with van der Waals surface area (Å²) in [5, 5.41) is 2.69. The minimum Gasteiger partial charge on any atom is -0.341 e. The molecule has 1 rings (SSSR count). The van der Waals surface area contributed by atoms with Crippen molar-refractivity contribution in [3.63, 3.8) is 0 Å². The molecule has 0 fully saturated rings. The van der Waals surface area contributed by atoms with Gasteiger partial charge in [0.2, 0.25) is 16.0 Å². The number of rotatable bonds is 4. The molecule has 8 heteroatoms. The van der Waals surface area contributed by atoms with Crippen molar-refractivity contribution in [3.05, 3.63) is 12.2 Å². The third-order valence-corrected chi connectivity index (χ3v) is 1.94. The lowest BCUT2D eigenvalue weighted by molar-refractivity contribution is 0.590. The number of aryl methyl sites for hydroxylation is 1. The molecular weight excluding hydrogens is 206 g/mol. The first kappa shape index (κ1) is 10.8. The van der Waals surface area contributed by atoms with Gasteiger partial charge in [0.1, 0.15) is 12.2 Å². The third-order valence-electron chi connectivity index (χ3n) is 1.27. The molecule has 0 atom stereocenters. The molecule has 0 radical (unpaired) electrons. The molecule has 1 aromatic heterocycles. The van der Waals surface area contributed by atoms with Crippen LogP contribution in [0.2, 0.25) is 0 Å². The van der Waals surface area contributed by atoms with Crippen LogP contribution in [0.25, 0.3) is 0 Å². The normalized spacial score (nSPS) is 11.3. The van der Waals surface area contributed by atoms with Gasteiger partial charge >= 0.3 is 0 Å². The van der Waals surface area contributed by atoms with Crippen molar-refractivity contribution in [1.29, 1.82) is 0 Å². The highest BCUT2D eigenvalue weighted by atomic mass is 32.2. The highest BCUT2D eigenvalue weighted by Gasteiger charge is 2.00. The predicted octanol–water partition coefficient (Wildman–Crippen LogP) is -0.901. The van der Waals surface area contributed by atoms with E-state index in [0.29, 0.717) is 11.8 Å². The molecule has 0 amide bonds. The highest BCUT2D eigenvalue weighted by Crippen LogP contribution is 1.93. The maximum absolute atomic E-state index is 10.7. The SMILES string of the molecule is Cc1ncnc(NCNS(C)(=O)=O)n1. The fraction of sp³-hybridized carbons (Fsp3) is 0.500. The lowest BCUT2D eigenvalue weighted by Crippen LogP contribution is -2.28. The Morgan fingerprint density at radius 3 is 2.71 bits per heavy atom. The summed E-state index contributed by atoms with van der Waals surface area (Å²) in [6.45, 7) is 1.78. The first-order valence-electron chi connectivity index (χ1n) is 3.81. The lowest BCUT2D eigenvalue weighted by atomic mass is 10.7. The molecule has 1 heterocycles. The maximum atomic E-state index is 10.7. The monoisotopic (exact) mass is 217 g/mol. The first-order chi connectivity index (χ1) is 6.47. The predicted molar refractivity (Wildman–Crippen MR) is 51.0 cm³/mol. The van der Waals surface area contributed by atoms with Crippen molar-refractivity contribution in [2.24, 2.45) is 0 Å². The minimum absolute atomic E-state index is 0.0578. The van der Waals surface area contributed by atoms with Crippen LogP contribution in [0.1, 0.15) is 5.82 Å². The number of hydrogen-bond donors (Lipinski definition) is 2. The van der Waals surface area contributed by atoms with Crippen LogP contribution in [0.5, 0.6) is 0 Å². The number of nitrogens with one attached hydrogen (secondary N) is 2. The van der Waals surface area contributed by atoms with Gasteiger partial charge < -0.3 is 5.32 Å². The molecule has 7 nitrogen and oxygen atoms in total. The van der Waals surface area contributed by atoms with Crippen molar-refractivity contribution < 1.29 is 8.42 Å². The quantitative estimate of drug-likeness (QED) is 0.634. The second-order valence-corrected chi connectivity index (χ2v) is 4.46. The van der Waals surface area contributed by atoms with E-state index >= 15 is 0 Å².